The normalized spacial score (nSPS) is 36.0. The number of aliphatic hydroxyl groups is 2. The first kappa shape index (κ1) is 26.6. The van der Waals surface area contributed by atoms with Gasteiger partial charge in [0.05, 0.1) is 17.6 Å². The van der Waals surface area contributed by atoms with Crippen LogP contribution in [0.2, 0.25) is 0 Å². The van der Waals surface area contributed by atoms with Crippen LogP contribution in [-0.2, 0) is 25.7 Å². The van der Waals surface area contributed by atoms with Gasteiger partial charge in [-0.2, -0.15) is 0 Å². The zero-order valence-corrected chi connectivity index (χ0v) is 21.3. The number of rotatable bonds is 4. The number of nitrogens with one attached hydrogen (secondary N) is 1. The molecule has 1 aromatic rings. The molecule has 38 heavy (non-hydrogen) atoms. The number of phenols is 1. The van der Waals surface area contributed by atoms with Crippen molar-refractivity contribution in [1.82, 2.24) is 10.2 Å². The highest BCUT2D eigenvalue weighted by Gasteiger charge is 2.69. The number of carbonyl (C=O) groups excluding carboxylic acids is 5. The third-order valence-corrected chi connectivity index (χ3v) is 9.24. The second-order valence-electron chi connectivity index (χ2n) is 11.3. The molecule has 11 heteroatoms. The first-order chi connectivity index (χ1) is 17.9. The Balaban J connectivity index is 1.50. The summed E-state index contributed by atoms with van der Waals surface area (Å²) in [5, 5.41) is 37.2. The number of nitrogens with two attached hydrogens (primary N) is 1. The third-order valence-electron chi connectivity index (χ3n) is 9.24. The molecule has 1 heterocycles. The zero-order valence-electron chi connectivity index (χ0n) is 21.3. The van der Waals surface area contributed by atoms with Gasteiger partial charge in [0.2, 0.25) is 5.91 Å². The van der Waals surface area contributed by atoms with Crippen molar-refractivity contribution < 1.29 is 39.3 Å². The summed E-state index contributed by atoms with van der Waals surface area (Å²) < 4.78 is 0. The Morgan fingerprint density at radius 3 is 2.45 bits per heavy atom. The Morgan fingerprint density at radius 1 is 1.16 bits per heavy atom. The van der Waals surface area contributed by atoms with Crippen LogP contribution in [-0.4, -0.2) is 87.1 Å². The molecule has 4 aliphatic rings. The van der Waals surface area contributed by atoms with E-state index in [0.717, 1.165) is 25.9 Å². The highest BCUT2D eigenvalue weighted by molar-refractivity contribution is 6.31. The lowest BCUT2D eigenvalue weighted by Gasteiger charge is -2.52. The Morgan fingerprint density at radius 2 is 1.82 bits per heavy atom. The summed E-state index contributed by atoms with van der Waals surface area (Å²) in [7, 11) is 2.06. The number of ketones is 4. The van der Waals surface area contributed by atoms with Crippen molar-refractivity contribution in [2.24, 2.45) is 29.4 Å². The van der Waals surface area contributed by atoms with E-state index in [1.807, 2.05) is 0 Å². The molecular weight excluding hydrogens is 494 g/mol. The highest BCUT2D eigenvalue weighted by Crippen LogP contribution is 2.54. The van der Waals surface area contributed by atoms with Crippen LogP contribution in [0.1, 0.15) is 53.6 Å². The number of piperidine rings is 1. The second-order valence-corrected chi connectivity index (χ2v) is 11.3. The number of phenolic OH excluding ortho intramolecular Hbond substituents is 1. The summed E-state index contributed by atoms with van der Waals surface area (Å²) >= 11 is 0. The molecule has 1 saturated heterocycles. The van der Waals surface area contributed by atoms with Gasteiger partial charge in [0, 0.05) is 36.4 Å². The average Bonchev–Trinajstić information content (AvgIpc) is 2.86. The van der Waals surface area contributed by atoms with Gasteiger partial charge in [-0.05, 0) is 44.5 Å². The van der Waals surface area contributed by atoms with Crippen LogP contribution in [0.5, 0.6) is 5.75 Å². The predicted molar refractivity (Wildman–Crippen MR) is 132 cm³/mol. The van der Waals surface area contributed by atoms with Gasteiger partial charge >= 0.3 is 0 Å². The number of fused-ring (bicyclic) bond motifs is 3. The van der Waals surface area contributed by atoms with E-state index in [9.17, 15) is 39.3 Å². The molecule has 204 valence electrons. The number of hydrogen-bond donors (Lipinski definition) is 5. The second kappa shape index (κ2) is 9.33. The maximum absolute atomic E-state index is 13.8. The number of Topliss-reactive ketones (excluding diaryl/α,β-unsaturated/α-hetero) is 4. The molecule has 0 bridgehead atoms. The Bertz CT molecular complexity index is 1240. The van der Waals surface area contributed by atoms with Crippen LogP contribution in [0.4, 0.5) is 0 Å². The van der Waals surface area contributed by atoms with Gasteiger partial charge < -0.3 is 31.3 Å². The molecule has 0 radical (unpaired) electrons. The van der Waals surface area contributed by atoms with Gasteiger partial charge in [-0.15, -0.1) is 0 Å². The number of benzene rings is 1. The van der Waals surface area contributed by atoms with E-state index in [2.05, 4.69) is 17.3 Å². The highest BCUT2D eigenvalue weighted by atomic mass is 16.3. The van der Waals surface area contributed by atoms with E-state index in [0.29, 0.717) is 17.7 Å². The minimum atomic E-state index is -2.91. The third kappa shape index (κ3) is 3.75. The summed E-state index contributed by atoms with van der Waals surface area (Å²) in [6, 6.07) is 3.65. The smallest absolute Gasteiger partial charge is 0.235 e. The quantitative estimate of drug-likeness (QED) is 0.305. The van der Waals surface area contributed by atoms with Crippen molar-refractivity contribution in [2.75, 3.05) is 20.1 Å². The monoisotopic (exact) mass is 527 g/mol. The number of hydrogen-bond acceptors (Lipinski definition) is 10. The van der Waals surface area contributed by atoms with Gasteiger partial charge in [0.25, 0.3) is 0 Å². The van der Waals surface area contributed by atoms with E-state index in [1.165, 1.54) is 0 Å². The first-order valence-electron chi connectivity index (χ1n) is 13.0. The lowest BCUT2D eigenvalue weighted by Crippen LogP contribution is -2.72. The molecule has 7 atom stereocenters. The van der Waals surface area contributed by atoms with Gasteiger partial charge in [0.15, 0.2) is 34.7 Å². The van der Waals surface area contributed by atoms with Crippen molar-refractivity contribution >= 4 is 29.0 Å². The fourth-order valence-electron chi connectivity index (χ4n) is 7.01. The Labute approximate surface area is 219 Å². The summed E-state index contributed by atoms with van der Waals surface area (Å²) in [6.07, 6.45) is -0.287. The van der Waals surface area contributed by atoms with Crippen LogP contribution >= 0.6 is 0 Å². The summed E-state index contributed by atoms with van der Waals surface area (Å²) in [5.74, 6) is -12.7. The van der Waals surface area contributed by atoms with Crippen LogP contribution in [0.25, 0.3) is 0 Å². The molecule has 1 aromatic carbocycles. The molecule has 3 fully saturated rings. The predicted octanol–water partition coefficient (Wildman–Crippen LogP) is -0.957. The van der Waals surface area contributed by atoms with Crippen LogP contribution in [0, 0.1) is 23.7 Å². The van der Waals surface area contributed by atoms with Crippen molar-refractivity contribution in [2.45, 2.75) is 56.4 Å². The molecule has 0 spiro atoms. The summed E-state index contributed by atoms with van der Waals surface area (Å²) in [4.78, 5) is 67.1. The van der Waals surface area contributed by atoms with Crippen LogP contribution in [0.3, 0.4) is 0 Å². The number of amides is 1. The van der Waals surface area contributed by atoms with Crippen molar-refractivity contribution in [3.8, 4) is 5.75 Å². The van der Waals surface area contributed by atoms with Crippen LogP contribution in [0.15, 0.2) is 12.1 Å². The molecule has 2 saturated carbocycles. The van der Waals surface area contributed by atoms with E-state index in [-0.39, 0.29) is 17.4 Å². The number of likely N-dealkylation sites (tertiary alicyclic amines) is 1. The number of primary amides is 1. The Kier molecular flexibility index (Phi) is 6.54. The lowest BCUT2D eigenvalue weighted by molar-refractivity contribution is -0.189. The van der Waals surface area contributed by atoms with E-state index < -0.39 is 76.8 Å². The first-order valence-corrected chi connectivity index (χ1v) is 13.0. The number of nitrogens with zero attached hydrogens (tertiary/aromatic N) is 1. The Hall–Kier alpha value is -2.99. The average molecular weight is 528 g/mol. The van der Waals surface area contributed by atoms with Gasteiger partial charge in [-0.1, -0.05) is 19.1 Å². The zero-order chi connectivity index (χ0) is 27.7. The van der Waals surface area contributed by atoms with E-state index in [4.69, 9.17) is 5.73 Å². The minimum Gasteiger partial charge on any atom is -0.507 e. The van der Waals surface area contributed by atoms with Gasteiger partial charge in [-0.3, -0.25) is 24.0 Å². The molecule has 5 rings (SSSR count). The van der Waals surface area contributed by atoms with Gasteiger partial charge in [0.1, 0.15) is 5.75 Å². The van der Waals surface area contributed by atoms with E-state index in [1.54, 1.807) is 19.1 Å². The molecule has 11 nitrogen and oxygen atoms in total. The lowest BCUT2D eigenvalue weighted by atomic mass is 9.50. The maximum Gasteiger partial charge on any atom is 0.235 e. The van der Waals surface area contributed by atoms with Crippen molar-refractivity contribution in [3.05, 3.63) is 28.8 Å². The number of aromatic hydroxyl groups is 1. The molecule has 1 aliphatic heterocycles. The molecule has 1 amide bonds. The van der Waals surface area contributed by atoms with Crippen molar-refractivity contribution in [1.29, 1.82) is 0 Å². The largest absolute Gasteiger partial charge is 0.507 e. The fraction of sp³-hybridized carbons (Fsp3) is 0.593. The molecule has 3 aliphatic carbocycles. The standard InChI is InChI=1S/C27H33N3O8/c1-11-14-4-3-12(10-29-13-5-7-30(2)8-6-13)21(32)18(14)23(34)20-17(11)22(33)15-9-16(31)19(26(28)37)24(35)27(15,38)25(20)36/h3-4,11,13,15,17,19-20,22,29,32-33,38H,5-10H2,1-2H3,(H2,28,37)/t11-,15+,17+,19?,20?,22+,27+/m0/s1. The topological polar surface area (TPSA) is 187 Å². The fourth-order valence-corrected chi connectivity index (χ4v) is 7.01. The molecule has 2 unspecified atom stereocenters. The van der Waals surface area contributed by atoms with Crippen molar-refractivity contribution in [3.63, 3.8) is 0 Å². The number of aliphatic hydroxyl groups excluding tert-OH is 1. The van der Waals surface area contributed by atoms with Gasteiger partial charge in [-0.25, -0.2) is 0 Å². The SMILES string of the molecule is C[C@H]1c2ccc(CNC3CCN(C)CC3)c(O)c2C(=O)C2C(=O)[C@]3(O)C(=O)C(C(N)=O)C(=O)C[C@@H]3[C@@H](O)[C@@H]21. The molecular formula is C27H33N3O8. The minimum absolute atomic E-state index is 0.0742. The maximum atomic E-state index is 13.8. The number of carbonyl (C=O) groups is 5. The molecule has 6 N–H and O–H groups in total. The van der Waals surface area contributed by atoms with Crippen LogP contribution < -0.4 is 11.1 Å². The van der Waals surface area contributed by atoms with E-state index >= 15 is 0 Å². The molecule has 0 aromatic heterocycles. The summed E-state index contributed by atoms with van der Waals surface area (Å²) in [5.41, 5.74) is 3.13. The summed E-state index contributed by atoms with van der Waals surface area (Å²) in [6.45, 7) is 3.88.